The monoisotopic (exact) mass is 340 g/mol. The molecule has 5 nitrogen and oxygen atoms in total. The van der Waals surface area contributed by atoms with Crippen molar-refractivity contribution in [1.29, 1.82) is 0 Å². The second-order valence-electron chi connectivity index (χ2n) is 4.76. The molecule has 0 unspecified atom stereocenters. The Balaban J connectivity index is 1.76. The maximum atomic E-state index is 11.9. The Bertz CT molecular complexity index is 519. The third-order valence-electron chi connectivity index (χ3n) is 3.27. The molecule has 2 N–H and O–H groups in total. The number of aromatic hydroxyl groups is 1. The van der Waals surface area contributed by atoms with Crippen LogP contribution < -0.4 is 5.32 Å². The highest BCUT2D eigenvalue weighted by Gasteiger charge is 2.19. The molecule has 0 spiro atoms. The number of nitrogens with one attached hydrogen (secondary N) is 1. The van der Waals surface area contributed by atoms with Crippen LogP contribution in [-0.2, 0) is 4.79 Å². The molecule has 0 radical (unpaired) electrons. The first-order valence-corrected chi connectivity index (χ1v) is 7.42. The lowest BCUT2D eigenvalue weighted by molar-refractivity contribution is -0.127. The number of phenols is 1. The number of carbonyl (C=O) groups is 2. The van der Waals surface area contributed by atoms with Gasteiger partial charge in [-0.3, -0.25) is 9.59 Å². The van der Waals surface area contributed by atoms with Gasteiger partial charge in [-0.1, -0.05) is 15.9 Å². The lowest BCUT2D eigenvalue weighted by Gasteiger charge is -2.15. The average molecular weight is 341 g/mol. The first kappa shape index (κ1) is 14.8. The molecule has 1 aliphatic rings. The van der Waals surface area contributed by atoms with Crippen molar-refractivity contribution in [2.24, 2.45) is 0 Å². The summed E-state index contributed by atoms with van der Waals surface area (Å²) in [5.74, 6) is -0.156. The third kappa shape index (κ3) is 3.72. The Morgan fingerprint density at radius 3 is 2.90 bits per heavy atom. The average Bonchev–Trinajstić information content (AvgIpc) is 2.80. The summed E-state index contributed by atoms with van der Waals surface area (Å²) in [6.45, 7) is 1.98. The van der Waals surface area contributed by atoms with E-state index in [0.29, 0.717) is 19.5 Å². The Hall–Kier alpha value is -1.56. The largest absolute Gasteiger partial charge is 0.507 e. The van der Waals surface area contributed by atoms with Gasteiger partial charge in [-0.2, -0.15) is 0 Å². The van der Waals surface area contributed by atoms with Crippen molar-refractivity contribution in [3.05, 3.63) is 28.2 Å². The molecule has 1 aromatic rings. The Labute approximate surface area is 126 Å². The number of nitrogens with zero attached hydrogens (tertiary/aromatic N) is 1. The van der Waals surface area contributed by atoms with Gasteiger partial charge in [0.1, 0.15) is 5.75 Å². The topological polar surface area (TPSA) is 69.6 Å². The van der Waals surface area contributed by atoms with Crippen LogP contribution in [-0.4, -0.2) is 41.5 Å². The van der Waals surface area contributed by atoms with Crippen LogP contribution in [0, 0.1) is 0 Å². The molecule has 0 aromatic heterocycles. The molecule has 2 rings (SSSR count). The highest BCUT2D eigenvalue weighted by Crippen LogP contribution is 2.22. The van der Waals surface area contributed by atoms with E-state index in [1.165, 1.54) is 6.07 Å². The minimum absolute atomic E-state index is 0.0494. The lowest BCUT2D eigenvalue weighted by atomic mass is 10.2. The lowest BCUT2D eigenvalue weighted by Crippen LogP contribution is -2.30. The molecule has 1 saturated heterocycles. The third-order valence-corrected chi connectivity index (χ3v) is 3.76. The zero-order chi connectivity index (χ0) is 14.5. The van der Waals surface area contributed by atoms with Gasteiger partial charge in [0.15, 0.2) is 0 Å². The number of hydrogen-bond donors (Lipinski definition) is 2. The summed E-state index contributed by atoms with van der Waals surface area (Å²) < 4.78 is 0.721. The fourth-order valence-electron chi connectivity index (χ4n) is 2.20. The van der Waals surface area contributed by atoms with Crippen molar-refractivity contribution < 1.29 is 14.7 Å². The van der Waals surface area contributed by atoms with Gasteiger partial charge in [0.05, 0.1) is 5.56 Å². The molecule has 0 atom stereocenters. The normalized spacial score (nSPS) is 14.7. The number of amides is 2. The van der Waals surface area contributed by atoms with Gasteiger partial charge in [-0.25, -0.2) is 0 Å². The fraction of sp³-hybridized carbons (Fsp3) is 0.429. The van der Waals surface area contributed by atoms with Crippen LogP contribution >= 0.6 is 15.9 Å². The first-order chi connectivity index (χ1) is 9.58. The first-order valence-electron chi connectivity index (χ1n) is 6.62. The number of hydrogen-bond acceptors (Lipinski definition) is 3. The second-order valence-corrected chi connectivity index (χ2v) is 5.67. The van der Waals surface area contributed by atoms with E-state index < -0.39 is 0 Å². The Kier molecular flexibility index (Phi) is 5.00. The van der Waals surface area contributed by atoms with Gasteiger partial charge < -0.3 is 15.3 Å². The molecule has 1 aromatic carbocycles. The number of likely N-dealkylation sites (tertiary alicyclic amines) is 1. The van der Waals surface area contributed by atoms with Crippen LogP contribution in [0.2, 0.25) is 0 Å². The summed E-state index contributed by atoms with van der Waals surface area (Å²) in [6, 6.07) is 4.76. The van der Waals surface area contributed by atoms with E-state index >= 15 is 0 Å². The number of carbonyl (C=O) groups excluding carboxylic acids is 2. The zero-order valence-electron chi connectivity index (χ0n) is 11.1. The van der Waals surface area contributed by atoms with Gasteiger partial charge in [0.2, 0.25) is 5.91 Å². The van der Waals surface area contributed by atoms with Crippen LogP contribution in [0.1, 0.15) is 29.6 Å². The molecule has 0 aliphatic carbocycles. The summed E-state index contributed by atoms with van der Waals surface area (Å²) >= 11 is 3.22. The van der Waals surface area contributed by atoms with Gasteiger partial charge in [0.25, 0.3) is 5.91 Å². The molecular formula is C14H17BrN2O3. The maximum absolute atomic E-state index is 11.9. The second kappa shape index (κ2) is 6.74. The predicted octanol–water partition coefficient (Wildman–Crippen LogP) is 1.90. The highest BCUT2D eigenvalue weighted by atomic mass is 79.9. The molecule has 0 saturated carbocycles. The van der Waals surface area contributed by atoms with Gasteiger partial charge >= 0.3 is 0 Å². The predicted molar refractivity (Wildman–Crippen MR) is 78.6 cm³/mol. The molecule has 1 heterocycles. The van der Waals surface area contributed by atoms with E-state index in [1.54, 1.807) is 12.1 Å². The molecule has 1 aliphatic heterocycles. The van der Waals surface area contributed by atoms with Crippen molar-refractivity contribution in [2.75, 3.05) is 19.6 Å². The van der Waals surface area contributed by atoms with Crippen molar-refractivity contribution in [3.8, 4) is 5.75 Å². The number of benzene rings is 1. The highest BCUT2D eigenvalue weighted by molar-refractivity contribution is 9.10. The quantitative estimate of drug-likeness (QED) is 0.804. The fourth-order valence-corrected chi connectivity index (χ4v) is 2.55. The summed E-state index contributed by atoms with van der Waals surface area (Å²) in [5, 5.41) is 12.4. The van der Waals surface area contributed by atoms with Crippen LogP contribution in [0.25, 0.3) is 0 Å². The Morgan fingerprint density at radius 2 is 2.25 bits per heavy atom. The summed E-state index contributed by atoms with van der Waals surface area (Å²) in [6.07, 6.45) is 2.28. The zero-order valence-corrected chi connectivity index (χ0v) is 12.6. The Morgan fingerprint density at radius 1 is 1.45 bits per heavy atom. The minimum Gasteiger partial charge on any atom is -0.507 e. The van der Waals surface area contributed by atoms with Gasteiger partial charge in [-0.05, 0) is 31.0 Å². The van der Waals surface area contributed by atoms with Crippen LogP contribution in [0.3, 0.4) is 0 Å². The number of phenolic OH excluding ortho intramolecular Hbond substituents is 1. The van der Waals surface area contributed by atoms with E-state index in [2.05, 4.69) is 21.2 Å². The minimum atomic E-state index is -0.303. The molecule has 20 heavy (non-hydrogen) atoms. The van der Waals surface area contributed by atoms with Crippen LogP contribution in [0.15, 0.2) is 22.7 Å². The van der Waals surface area contributed by atoms with Crippen molar-refractivity contribution in [1.82, 2.24) is 10.2 Å². The number of rotatable bonds is 5. The standard InChI is InChI=1S/C14H17BrN2O3/c15-10-4-5-11(12(18)9-10)14(20)16-6-2-8-17-7-1-3-13(17)19/h4-5,9,18H,1-3,6-8H2,(H,16,20). The maximum Gasteiger partial charge on any atom is 0.255 e. The van der Waals surface area contributed by atoms with Crippen molar-refractivity contribution in [3.63, 3.8) is 0 Å². The van der Waals surface area contributed by atoms with Crippen molar-refractivity contribution >= 4 is 27.7 Å². The van der Waals surface area contributed by atoms with Gasteiger partial charge in [-0.15, -0.1) is 0 Å². The number of halogens is 1. The molecule has 1 fully saturated rings. The molecule has 0 bridgehead atoms. The SMILES string of the molecule is O=C(NCCCN1CCCC1=O)c1ccc(Br)cc1O. The molecular weight excluding hydrogens is 324 g/mol. The van der Waals surface area contributed by atoms with Crippen LogP contribution in [0.4, 0.5) is 0 Å². The van der Waals surface area contributed by atoms with E-state index in [-0.39, 0.29) is 23.1 Å². The summed E-state index contributed by atoms with van der Waals surface area (Å²) in [7, 11) is 0. The summed E-state index contributed by atoms with van der Waals surface area (Å²) in [5.41, 5.74) is 0.255. The van der Waals surface area contributed by atoms with Gasteiger partial charge in [0, 0.05) is 30.5 Å². The van der Waals surface area contributed by atoms with E-state index in [9.17, 15) is 14.7 Å². The molecule has 108 valence electrons. The molecule has 2 amide bonds. The van der Waals surface area contributed by atoms with Crippen molar-refractivity contribution in [2.45, 2.75) is 19.3 Å². The molecule has 6 heteroatoms. The smallest absolute Gasteiger partial charge is 0.255 e. The van der Waals surface area contributed by atoms with E-state index in [1.807, 2.05) is 4.90 Å². The van der Waals surface area contributed by atoms with E-state index in [0.717, 1.165) is 23.9 Å². The van der Waals surface area contributed by atoms with Crippen LogP contribution in [0.5, 0.6) is 5.75 Å². The summed E-state index contributed by atoms with van der Waals surface area (Å²) in [4.78, 5) is 25.1. The van der Waals surface area contributed by atoms with E-state index in [4.69, 9.17) is 0 Å².